The van der Waals surface area contributed by atoms with E-state index >= 15 is 0 Å². The van der Waals surface area contributed by atoms with Crippen LogP contribution < -0.4 is 0 Å². The van der Waals surface area contributed by atoms with Gasteiger partial charge in [-0.05, 0) is 20.3 Å². The van der Waals surface area contributed by atoms with Gasteiger partial charge in [0.1, 0.15) is 0 Å². The monoisotopic (exact) mass is 370 g/mol. The minimum Gasteiger partial charge on any atom is -0.356 e. The van der Waals surface area contributed by atoms with Crippen molar-refractivity contribution in [2.75, 3.05) is 7.11 Å². The Hall–Kier alpha value is -0.0800. The summed E-state index contributed by atoms with van der Waals surface area (Å²) in [4.78, 5) is 0. The fraction of sp³-hybridized carbons (Fsp3) is 1.00. The fourth-order valence-corrected chi connectivity index (χ4v) is 3.61. The molecule has 0 spiro atoms. The lowest BCUT2D eigenvalue weighted by Crippen LogP contribution is -2.18. The molecule has 0 amide bonds. The molecule has 0 aromatic rings. The highest BCUT2D eigenvalue weighted by Crippen LogP contribution is 2.15. The molecule has 0 aliphatic carbocycles. The summed E-state index contributed by atoms with van der Waals surface area (Å²) in [5.74, 6) is 0. The van der Waals surface area contributed by atoms with Gasteiger partial charge in [-0.25, -0.2) is 0 Å². The van der Waals surface area contributed by atoms with Crippen molar-refractivity contribution < 1.29 is 9.47 Å². The van der Waals surface area contributed by atoms with Crippen LogP contribution in [0.4, 0.5) is 0 Å². The highest BCUT2D eigenvalue weighted by molar-refractivity contribution is 4.54. The summed E-state index contributed by atoms with van der Waals surface area (Å²) >= 11 is 0. The Kier molecular flexibility index (Phi) is 21.2. The van der Waals surface area contributed by atoms with Crippen molar-refractivity contribution in [2.45, 2.75) is 149 Å². The molecule has 26 heavy (non-hydrogen) atoms. The molecule has 2 nitrogen and oxygen atoms in total. The van der Waals surface area contributed by atoms with Gasteiger partial charge < -0.3 is 9.47 Å². The Balaban J connectivity index is 3.09. The van der Waals surface area contributed by atoms with Gasteiger partial charge in [-0.2, -0.15) is 0 Å². The average molecular weight is 371 g/mol. The minimum atomic E-state index is -0.0733. The number of hydrogen-bond acceptors (Lipinski definition) is 2. The van der Waals surface area contributed by atoms with Gasteiger partial charge in [0.15, 0.2) is 6.29 Å². The molecule has 0 fully saturated rings. The second kappa shape index (κ2) is 21.2. The second-order valence-electron chi connectivity index (χ2n) is 8.20. The lowest BCUT2D eigenvalue weighted by Gasteiger charge is -2.17. The first-order valence-electron chi connectivity index (χ1n) is 11.9. The van der Waals surface area contributed by atoms with Crippen LogP contribution in [0.1, 0.15) is 136 Å². The summed E-state index contributed by atoms with van der Waals surface area (Å²) in [6.45, 7) is 6.41. The van der Waals surface area contributed by atoms with Crippen molar-refractivity contribution in [1.82, 2.24) is 0 Å². The number of methoxy groups -OCH3 is 1. The van der Waals surface area contributed by atoms with Gasteiger partial charge in [0.05, 0.1) is 6.10 Å². The molecule has 2 atom stereocenters. The van der Waals surface area contributed by atoms with E-state index in [1.54, 1.807) is 7.11 Å². The molecule has 0 aliphatic rings. The first kappa shape index (κ1) is 25.9. The molecule has 0 aromatic heterocycles. The zero-order valence-corrected chi connectivity index (χ0v) is 18.7. The van der Waals surface area contributed by atoms with E-state index in [1.165, 1.54) is 109 Å². The first-order valence-corrected chi connectivity index (χ1v) is 11.9. The third kappa shape index (κ3) is 20.2. The Bertz CT molecular complexity index is 255. The van der Waals surface area contributed by atoms with E-state index in [2.05, 4.69) is 13.8 Å². The van der Waals surface area contributed by atoms with Crippen molar-refractivity contribution in [3.05, 3.63) is 0 Å². The predicted molar refractivity (Wildman–Crippen MR) is 116 cm³/mol. The number of rotatable bonds is 21. The van der Waals surface area contributed by atoms with Gasteiger partial charge in [-0.1, -0.05) is 116 Å². The van der Waals surface area contributed by atoms with E-state index in [0.29, 0.717) is 6.10 Å². The van der Waals surface area contributed by atoms with E-state index in [4.69, 9.17) is 9.47 Å². The van der Waals surface area contributed by atoms with Gasteiger partial charge in [-0.15, -0.1) is 0 Å². The Labute approximate surface area is 165 Å². The largest absolute Gasteiger partial charge is 0.356 e. The third-order valence-corrected chi connectivity index (χ3v) is 5.47. The summed E-state index contributed by atoms with van der Waals surface area (Å²) in [5, 5.41) is 0. The van der Waals surface area contributed by atoms with Crippen molar-refractivity contribution in [3.8, 4) is 0 Å². The smallest absolute Gasteiger partial charge is 0.154 e. The van der Waals surface area contributed by atoms with Gasteiger partial charge in [0.25, 0.3) is 0 Å². The van der Waals surface area contributed by atoms with Crippen LogP contribution in [0.15, 0.2) is 0 Å². The van der Waals surface area contributed by atoms with Crippen LogP contribution in [0.2, 0.25) is 0 Å². The van der Waals surface area contributed by atoms with Crippen LogP contribution in [0.5, 0.6) is 0 Å². The number of ether oxygens (including phenoxy) is 2. The molecule has 0 bridgehead atoms. The minimum absolute atomic E-state index is 0.0733. The highest BCUT2D eigenvalue weighted by Gasteiger charge is 2.06. The molecule has 0 saturated heterocycles. The number of hydrogen-bond donors (Lipinski definition) is 0. The van der Waals surface area contributed by atoms with Gasteiger partial charge in [0, 0.05) is 7.11 Å². The van der Waals surface area contributed by atoms with E-state index in [9.17, 15) is 0 Å². The molecule has 0 saturated carbocycles. The average Bonchev–Trinajstić information content (AvgIpc) is 2.64. The maximum absolute atomic E-state index is 5.71. The van der Waals surface area contributed by atoms with Crippen molar-refractivity contribution in [2.24, 2.45) is 0 Å². The molecule has 0 aliphatic heterocycles. The molecule has 0 aromatic carbocycles. The zero-order chi connectivity index (χ0) is 19.3. The van der Waals surface area contributed by atoms with E-state index in [1.807, 2.05) is 6.92 Å². The van der Waals surface area contributed by atoms with Crippen LogP contribution in [0.25, 0.3) is 0 Å². The SMILES string of the molecule is CCCCCCCCCCCCCCCCCCCC(C)OC(C)OC. The van der Waals surface area contributed by atoms with Crippen LogP contribution >= 0.6 is 0 Å². The Morgan fingerprint density at radius 3 is 1.23 bits per heavy atom. The van der Waals surface area contributed by atoms with Gasteiger partial charge in [0.2, 0.25) is 0 Å². The lowest BCUT2D eigenvalue weighted by molar-refractivity contribution is -0.140. The fourth-order valence-electron chi connectivity index (χ4n) is 3.61. The summed E-state index contributed by atoms with van der Waals surface area (Å²) in [7, 11) is 1.70. The van der Waals surface area contributed by atoms with Gasteiger partial charge >= 0.3 is 0 Å². The molecular weight excluding hydrogens is 320 g/mol. The van der Waals surface area contributed by atoms with Crippen molar-refractivity contribution in [3.63, 3.8) is 0 Å². The topological polar surface area (TPSA) is 18.5 Å². The summed E-state index contributed by atoms with van der Waals surface area (Å²) in [6.07, 6.45) is 25.7. The van der Waals surface area contributed by atoms with E-state index in [-0.39, 0.29) is 6.29 Å². The quantitative estimate of drug-likeness (QED) is 0.149. The van der Waals surface area contributed by atoms with Crippen LogP contribution in [0.3, 0.4) is 0 Å². The molecule has 0 N–H and O–H groups in total. The van der Waals surface area contributed by atoms with Crippen molar-refractivity contribution in [1.29, 1.82) is 0 Å². The molecule has 2 unspecified atom stereocenters. The summed E-state index contributed by atoms with van der Waals surface area (Å²) in [5.41, 5.74) is 0. The summed E-state index contributed by atoms with van der Waals surface area (Å²) < 4.78 is 10.8. The highest BCUT2D eigenvalue weighted by atomic mass is 16.7. The summed E-state index contributed by atoms with van der Waals surface area (Å²) in [6, 6.07) is 0. The predicted octanol–water partition coefficient (Wildman–Crippen LogP) is 8.43. The van der Waals surface area contributed by atoms with Crippen LogP contribution in [-0.4, -0.2) is 19.5 Å². The molecular formula is C24H50O2. The standard InChI is InChI=1S/C24H50O2/c1-5-6-7-8-9-10-11-12-13-14-15-16-17-18-19-20-21-22-23(2)26-24(3)25-4/h23-24H,5-22H2,1-4H3. The van der Waals surface area contributed by atoms with Crippen LogP contribution in [-0.2, 0) is 9.47 Å². The molecule has 0 heterocycles. The first-order chi connectivity index (χ1) is 12.7. The molecule has 158 valence electrons. The zero-order valence-electron chi connectivity index (χ0n) is 18.7. The normalized spacial score (nSPS) is 13.8. The maximum Gasteiger partial charge on any atom is 0.154 e. The Morgan fingerprint density at radius 2 is 0.885 bits per heavy atom. The van der Waals surface area contributed by atoms with E-state index < -0.39 is 0 Å². The number of unbranched alkanes of at least 4 members (excludes halogenated alkanes) is 16. The van der Waals surface area contributed by atoms with E-state index in [0.717, 1.165) is 6.42 Å². The Morgan fingerprint density at radius 1 is 0.538 bits per heavy atom. The second-order valence-corrected chi connectivity index (χ2v) is 8.20. The molecule has 2 heteroatoms. The van der Waals surface area contributed by atoms with Gasteiger partial charge in [-0.3, -0.25) is 0 Å². The van der Waals surface area contributed by atoms with Crippen molar-refractivity contribution >= 4 is 0 Å². The molecule has 0 radical (unpaired) electrons. The maximum atomic E-state index is 5.71. The van der Waals surface area contributed by atoms with Crippen LogP contribution in [0, 0.1) is 0 Å². The molecule has 0 rings (SSSR count). The third-order valence-electron chi connectivity index (χ3n) is 5.47. The lowest BCUT2D eigenvalue weighted by atomic mass is 10.0.